The largest absolute Gasteiger partial charge is 0.462 e. The third-order valence-electron chi connectivity index (χ3n) is 5.42. The Morgan fingerprint density at radius 2 is 1.44 bits per heavy atom. The van der Waals surface area contributed by atoms with E-state index < -0.39 is 6.34 Å². The molecule has 3 rings (SSSR count). The number of hydrogen-bond acceptors (Lipinski definition) is 6. The van der Waals surface area contributed by atoms with E-state index in [0.29, 0.717) is 38.3 Å². The van der Waals surface area contributed by atoms with Crippen molar-refractivity contribution >= 4 is 24.1 Å². The van der Waals surface area contributed by atoms with E-state index in [-0.39, 0.29) is 5.97 Å². The van der Waals surface area contributed by atoms with Crippen LogP contribution in [0.4, 0.5) is 0 Å². The molecular weight excluding hydrogens is 385 g/mol. The van der Waals surface area contributed by atoms with E-state index in [1.807, 2.05) is 6.92 Å². The van der Waals surface area contributed by atoms with Crippen molar-refractivity contribution in [1.82, 2.24) is 14.2 Å². The van der Waals surface area contributed by atoms with Gasteiger partial charge in [0.2, 0.25) is 0 Å². The topological polar surface area (TPSA) is 54.5 Å². The van der Waals surface area contributed by atoms with Crippen molar-refractivity contribution in [3.8, 4) is 0 Å². The summed E-state index contributed by atoms with van der Waals surface area (Å²) in [4.78, 5) is 15.5. The van der Waals surface area contributed by atoms with Gasteiger partial charge in [-0.1, -0.05) is 11.8 Å². The van der Waals surface area contributed by atoms with Gasteiger partial charge in [0.25, 0.3) is 0 Å². The summed E-state index contributed by atoms with van der Waals surface area (Å²) in [5.74, 6) is -0.247. The second kappa shape index (κ2) is 9.81. The number of allylic oxidation sites excluding steroid dienone is 1. The summed E-state index contributed by atoms with van der Waals surface area (Å²) >= 11 is 6.43. The minimum Gasteiger partial charge on any atom is -0.462 e. The lowest BCUT2D eigenvalue weighted by Crippen LogP contribution is -2.44. The Bertz CT molecular complexity index is 575. The molecule has 0 saturated carbocycles. The molecule has 0 aromatic rings. The summed E-state index contributed by atoms with van der Waals surface area (Å²) in [7, 11) is 0. The van der Waals surface area contributed by atoms with E-state index in [4.69, 9.17) is 26.0 Å². The first-order chi connectivity index (χ1) is 13.1. The van der Waals surface area contributed by atoms with E-state index in [2.05, 4.69) is 21.2 Å². The molecule has 154 valence electrons. The Morgan fingerprint density at radius 3 is 1.89 bits per heavy atom. The number of ether oxygens (including phenoxy) is 3. The molecule has 0 radical (unpaired) electrons. The molecule has 0 atom stereocenters. The predicted octanol–water partition coefficient (Wildman–Crippen LogP) is 1.85. The fourth-order valence-electron chi connectivity index (χ4n) is 3.99. The fourth-order valence-corrected chi connectivity index (χ4v) is 8.79. The van der Waals surface area contributed by atoms with Crippen molar-refractivity contribution in [2.75, 3.05) is 72.3 Å². The zero-order valence-electron chi connectivity index (χ0n) is 16.5. The van der Waals surface area contributed by atoms with Crippen molar-refractivity contribution < 1.29 is 19.0 Å². The highest BCUT2D eigenvalue weighted by molar-refractivity contribution is 8.14. The maximum atomic E-state index is 13.2. The van der Waals surface area contributed by atoms with Crippen LogP contribution in [0.3, 0.4) is 0 Å². The second-order valence-corrected chi connectivity index (χ2v) is 11.2. The number of carbonyl (C=O) groups is 1. The zero-order valence-corrected chi connectivity index (χ0v) is 18.2. The Labute approximate surface area is 167 Å². The Kier molecular flexibility index (Phi) is 7.71. The molecular formula is C18H32N3O4PS. The van der Waals surface area contributed by atoms with Crippen LogP contribution >= 0.6 is 6.34 Å². The molecule has 0 amide bonds. The van der Waals surface area contributed by atoms with Gasteiger partial charge in [0.05, 0.1) is 33.0 Å². The van der Waals surface area contributed by atoms with Gasteiger partial charge in [0.15, 0.2) is 0 Å². The zero-order chi connectivity index (χ0) is 19.3. The van der Waals surface area contributed by atoms with Crippen molar-refractivity contribution in [1.29, 1.82) is 0 Å². The summed E-state index contributed by atoms with van der Waals surface area (Å²) in [5, 5.41) is 0.713. The first-order valence-corrected chi connectivity index (χ1v) is 12.7. The number of esters is 1. The molecule has 3 saturated heterocycles. The van der Waals surface area contributed by atoms with Crippen molar-refractivity contribution in [3.05, 3.63) is 11.0 Å². The standard InChI is InChI=1S/C18H32N3O4PS/c1-3-25-18(22)17(16(2)19-6-4-5-7-19)26(27,20-8-12-23-13-9-20)21-10-14-24-15-11-21/h3-15H2,1-2H3/b17-16-. The molecule has 0 bridgehead atoms. The molecule has 0 unspecified atom stereocenters. The third-order valence-corrected chi connectivity index (χ3v) is 10.8. The highest BCUT2D eigenvalue weighted by atomic mass is 32.4. The van der Waals surface area contributed by atoms with Crippen LogP contribution in [-0.4, -0.2) is 92.5 Å². The minimum absolute atomic E-state index is 0.247. The number of nitrogens with zero attached hydrogens (tertiary/aromatic N) is 3. The molecule has 27 heavy (non-hydrogen) atoms. The first-order valence-electron chi connectivity index (χ1n) is 9.99. The van der Waals surface area contributed by atoms with Crippen LogP contribution in [0, 0.1) is 0 Å². The number of hydrogen-bond donors (Lipinski definition) is 0. The van der Waals surface area contributed by atoms with Crippen LogP contribution < -0.4 is 0 Å². The lowest BCUT2D eigenvalue weighted by Gasteiger charge is -2.46. The summed E-state index contributed by atoms with van der Waals surface area (Å²) < 4.78 is 21.3. The van der Waals surface area contributed by atoms with Gasteiger partial charge in [-0.25, -0.2) is 4.79 Å². The van der Waals surface area contributed by atoms with Gasteiger partial charge in [-0.2, -0.15) is 0 Å². The number of likely N-dealkylation sites (tertiary alicyclic amines) is 1. The average Bonchev–Trinajstić information content (AvgIpc) is 3.24. The monoisotopic (exact) mass is 417 g/mol. The molecule has 9 heteroatoms. The maximum Gasteiger partial charge on any atom is 0.343 e. The summed E-state index contributed by atoms with van der Waals surface area (Å²) in [5.41, 5.74) is 1.01. The molecule has 3 fully saturated rings. The third kappa shape index (κ3) is 4.57. The summed E-state index contributed by atoms with van der Waals surface area (Å²) in [6.07, 6.45) is -0.155. The lowest BCUT2D eigenvalue weighted by molar-refractivity contribution is -0.137. The molecule has 3 aliphatic heterocycles. The van der Waals surface area contributed by atoms with Crippen LogP contribution in [-0.2, 0) is 30.8 Å². The van der Waals surface area contributed by atoms with Crippen molar-refractivity contribution in [2.45, 2.75) is 26.7 Å². The summed E-state index contributed by atoms with van der Waals surface area (Å²) in [6.45, 7) is 11.9. The van der Waals surface area contributed by atoms with Gasteiger partial charge >= 0.3 is 5.97 Å². The molecule has 3 aliphatic rings. The van der Waals surface area contributed by atoms with Gasteiger partial charge in [-0.05, 0) is 26.7 Å². The van der Waals surface area contributed by atoms with Gasteiger partial charge in [0.1, 0.15) is 11.7 Å². The molecule has 7 nitrogen and oxygen atoms in total. The van der Waals surface area contributed by atoms with Gasteiger partial charge in [0, 0.05) is 45.0 Å². The molecule has 0 aromatic heterocycles. The van der Waals surface area contributed by atoms with Gasteiger partial charge in [-0.3, -0.25) is 9.34 Å². The summed E-state index contributed by atoms with van der Waals surface area (Å²) in [6, 6.07) is 0. The van der Waals surface area contributed by atoms with Crippen LogP contribution in [0.2, 0.25) is 0 Å². The molecule has 0 N–H and O–H groups in total. The number of rotatable bonds is 6. The fraction of sp³-hybridized carbons (Fsp3) is 0.833. The lowest BCUT2D eigenvalue weighted by atomic mass is 10.4. The molecule has 0 aromatic carbocycles. The van der Waals surface area contributed by atoms with Crippen LogP contribution in [0.1, 0.15) is 26.7 Å². The molecule has 3 heterocycles. The van der Waals surface area contributed by atoms with Crippen LogP contribution in [0.15, 0.2) is 11.0 Å². The van der Waals surface area contributed by atoms with E-state index in [9.17, 15) is 4.79 Å². The quantitative estimate of drug-likeness (QED) is 0.369. The Balaban J connectivity index is 2.06. The van der Waals surface area contributed by atoms with Crippen LogP contribution in [0.25, 0.3) is 0 Å². The normalized spacial score (nSPS) is 24.0. The van der Waals surface area contributed by atoms with Crippen LogP contribution in [0.5, 0.6) is 0 Å². The predicted molar refractivity (Wildman–Crippen MR) is 109 cm³/mol. The highest BCUT2D eigenvalue weighted by Gasteiger charge is 2.43. The van der Waals surface area contributed by atoms with E-state index >= 15 is 0 Å². The Morgan fingerprint density at radius 1 is 0.963 bits per heavy atom. The van der Waals surface area contributed by atoms with Gasteiger partial charge < -0.3 is 19.1 Å². The number of carbonyl (C=O) groups excluding carboxylic acids is 1. The molecule has 0 aliphatic carbocycles. The SMILES string of the molecule is CCOC(=O)/C(=C(\C)N1CCCC1)P(=S)(N1CCOCC1)N1CCOCC1. The van der Waals surface area contributed by atoms with E-state index in [1.54, 1.807) is 0 Å². The average molecular weight is 418 g/mol. The van der Waals surface area contributed by atoms with E-state index in [0.717, 1.165) is 57.8 Å². The Hall–Kier alpha value is -0.500. The van der Waals surface area contributed by atoms with Gasteiger partial charge in [-0.15, -0.1) is 0 Å². The highest BCUT2D eigenvalue weighted by Crippen LogP contribution is 2.62. The maximum absolute atomic E-state index is 13.2. The second-order valence-electron chi connectivity index (χ2n) is 7.02. The van der Waals surface area contributed by atoms with E-state index in [1.165, 1.54) is 0 Å². The minimum atomic E-state index is -2.47. The molecule has 0 spiro atoms. The smallest absolute Gasteiger partial charge is 0.343 e. The first kappa shape index (κ1) is 21.2. The number of morpholine rings is 2. The van der Waals surface area contributed by atoms with Crippen molar-refractivity contribution in [2.24, 2.45) is 0 Å². The van der Waals surface area contributed by atoms with Crippen molar-refractivity contribution in [3.63, 3.8) is 0 Å².